The van der Waals surface area contributed by atoms with E-state index in [-0.39, 0.29) is 5.82 Å². The fraction of sp³-hybridized carbons (Fsp3) is 0.714. The highest BCUT2D eigenvalue weighted by molar-refractivity contribution is 5.30. The van der Waals surface area contributed by atoms with Crippen LogP contribution in [0, 0.1) is 18.7 Å². The number of halogens is 1. The Morgan fingerprint density at radius 1 is 1.00 bits per heavy atom. The van der Waals surface area contributed by atoms with Gasteiger partial charge in [-0.2, -0.15) is 0 Å². The van der Waals surface area contributed by atoms with E-state index < -0.39 is 0 Å². The zero-order valence-electron chi connectivity index (χ0n) is 14.6. The molecule has 2 fully saturated rings. The molecule has 0 amide bonds. The van der Waals surface area contributed by atoms with Crippen LogP contribution in [0.25, 0.3) is 0 Å². The largest absolute Gasteiger partial charge is 0.314 e. The number of rotatable bonds is 5. The minimum absolute atomic E-state index is 0.103. The highest BCUT2D eigenvalue weighted by Gasteiger charge is 2.23. The summed E-state index contributed by atoms with van der Waals surface area (Å²) in [5.41, 5.74) is 2.51. The van der Waals surface area contributed by atoms with Crippen LogP contribution in [0.4, 0.5) is 4.39 Å². The summed E-state index contributed by atoms with van der Waals surface area (Å²) in [5.74, 6) is 1.44. The summed E-state index contributed by atoms with van der Waals surface area (Å²) in [6.07, 6.45) is 13.6. The fourth-order valence-electron chi connectivity index (χ4n) is 4.66. The average Bonchev–Trinajstić information content (AvgIpc) is 2.57. The SMILES string of the molecule is Cc1cc(F)ccc1C1CCC(CCNC2CCCCC2)CC1. The molecule has 1 aromatic carbocycles. The van der Waals surface area contributed by atoms with E-state index in [4.69, 9.17) is 0 Å². The maximum Gasteiger partial charge on any atom is 0.123 e. The zero-order valence-corrected chi connectivity index (χ0v) is 14.6. The Hall–Kier alpha value is -0.890. The molecule has 2 aliphatic carbocycles. The van der Waals surface area contributed by atoms with Gasteiger partial charge in [0.1, 0.15) is 5.82 Å². The summed E-state index contributed by atoms with van der Waals surface area (Å²) < 4.78 is 13.3. The first kappa shape index (κ1) is 17.0. The third kappa shape index (κ3) is 4.79. The van der Waals surface area contributed by atoms with Gasteiger partial charge in [-0.05, 0) is 93.5 Å². The summed E-state index contributed by atoms with van der Waals surface area (Å²) in [6.45, 7) is 3.26. The van der Waals surface area contributed by atoms with Crippen molar-refractivity contribution in [3.63, 3.8) is 0 Å². The van der Waals surface area contributed by atoms with Crippen LogP contribution in [0.3, 0.4) is 0 Å². The van der Waals surface area contributed by atoms with Crippen LogP contribution in [0.5, 0.6) is 0 Å². The van der Waals surface area contributed by atoms with Gasteiger partial charge in [0.25, 0.3) is 0 Å². The lowest BCUT2D eigenvalue weighted by atomic mass is 9.76. The third-order valence-electron chi connectivity index (χ3n) is 6.11. The minimum Gasteiger partial charge on any atom is -0.314 e. The Kier molecular flexibility index (Phi) is 6.10. The molecule has 2 heteroatoms. The first-order valence-electron chi connectivity index (χ1n) is 9.72. The normalized spacial score (nSPS) is 26.3. The van der Waals surface area contributed by atoms with Crippen molar-refractivity contribution in [2.24, 2.45) is 5.92 Å². The predicted molar refractivity (Wildman–Crippen MR) is 95.3 cm³/mol. The Morgan fingerprint density at radius 2 is 1.74 bits per heavy atom. The van der Waals surface area contributed by atoms with Crippen LogP contribution in [0.2, 0.25) is 0 Å². The van der Waals surface area contributed by atoms with E-state index in [1.807, 2.05) is 6.07 Å². The van der Waals surface area contributed by atoms with E-state index in [2.05, 4.69) is 12.2 Å². The molecule has 0 bridgehead atoms. The van der Waals surface area contributed by atoms with Gasteiger partial charge in [-0.3, -0.25) is 0 Å². The minimum atomic E-state index is -0.103. The molecule has 1 N–H and O–H groups in total. The smallest absolute Gasteiger partial charge is 0.123 e. The standard InChI is InChI=1S/C21H32FN/c1-16-15-19(22)11-12-21(16)18-9-7-17(8-10-18)13-14-23-20-5-3-2-4-6-20/h11-12,15,17-18,20,23H,2-10,13-14H2,1H3. The second kappa shape index (κ2) is 8.28. The van der Waals surface area contributed by atoms with Gasteiger partial charge < -0.3 is 5.32 Å². The quantitative estimate of drug-likeness (QED) is 0.732. The van der Waals surface area contributed by atoms with Crippen LogP contribution in [-0.2, 0) is 0 Å². The van der Waals surface area contributed by atoms with Crippen molar-refractivity contribution in [1.29, 1.82) is 0 Å². The first-order valence-corrected chi connectivity index (χ1v) is 9.72. The van der Waals surface area contributed by atoms with E-state index in [1.54, 1.807) is 12.1 Å². The van der Waals surface area contributed by atoms with Gasteiger partial charge in [-0.1, -0.05) is 25.3 Å². The molecule has 1 aromatic rings. The first-order chi connectivity index (χ1) is 11.2. The average molecular weight is 317 g/mol. The maximum atomic E-state index is 13.3. The Morgan fingerprint density at radius 3 is 2.43 bits per heavy atom. The fourth-order valence-corrected chi connectivity index (χ4v) is 4.66. The van der Waals surface area contributed by atoms with E-state index in [0.29, 0.717) is 5.92 Å². The highest BCUT2D eigenvalue weighted by Crippen LogP contribution is 2.38. The van der Waals surface area contributed by atoms with E-state index in [1.165, 1.54) is 76.3 Å². The van der Waals surface area contributed by atoms with E-state index in [0.717, 1.165) is 17.5 Å². The maximum absolute atomic E-state index is 13.3. The molecule has 0 saturated heterocycles. The summed E-state index contributed by atoms with van der Waals surface area (Å²) >= 11 is 0. The Balaban J connectivity index is 1.39. The second-order valence-corrected chi connectivity index (χ2v) is 7.80. The third-order valence-corrected chi connectivity index (χ3v) is 6.11. The molecule has 0 atom stereocenters. The number of benzene rings is 1. The summed E-state index contributed by atoms with van der Waals surface area (Å²) in [7, 11) is 0. The van der Waals surface area contributed by atoms with Crippen molar-refractivity contribution in [2.75, 3.05) is 6.54 Å². The van der Waals surface area contributed by atoms with Crippen molar-refractivity contribution in [3.05, 3.63) is 35.1 Å². The van der Waals surface area contributed by atoms with Crippen LogP contribution in [-0.4, -0.2) is 12.6 Å². The molecule has 0 aliphatic heterocycles. The van der Waals surface area contributed by atoms with Crippen LogP contribution in [0.1, 0.15) is 81.3 Å². The lowest BCUT2D eigenvalue weighted by Gasteiger charge is -2.30. The van der Waals surface area contributed by atoms with Crippen molar-refractivity contribution in [3.8, 4) is 0 Å². The Labute approximate surface area is 141 Å². The van der Waals surface area contributed by atoms with Gasteiger partial charge in [0.2, 0.25) is 0 Å². The molecule has 0 radical (unpaired) electrons. The molecule has 128 valence electrons. The van der Waals surface area contributed by atoms with Crippen molar-refractivity contribution in [2.45, 2.75) is 83.1 Å². The zero-order chi connectivity index (χ0) is 16.1. The van der Waals surface area contributed by atoms with Gasteiger partial charge in [0.05, 0.1) is 0 Å². The van der Waals surface area contributed by atoms with E-state index >= 15 is 0 Å². The lowest BCUT2D eigenvalue weighted by molar-refractivity contribution is 0.292. The van der Waals surface area contributed by atoms with Crippen LogP contribution < -0.4 is 5.32 Å². The number of aryl methyl sites for hydroxylation is 1. The predicted octanol–water partition coefficient (Wildman–Crippen LogP) is 5.72. The van der Waals surface area contributed by atoms with E-state index in [9.17, 15) is 4.39 Å². The number of hydrogen-bond acceptors (Lipinski definition) is 1. The topological polar surface area (TPSA) is 12.0 Å². The highest BCUT2D eigenvalue weighted by atomic mass is 19.1. The summed E-state index contributed by atoms with van der Waals surface area (Å²) in [6, 6.07) is 6.13. The lowest BCUT2D eigenvalue weighted by Crippen LogP contribution is -2.32. The Bertz CT molecular complexity index is 485. The second-order valence-electron chi connectivity index (χ2n) is 7.80. The molecule has 2 saturated carbocycles. The molecular weight excluding hydrogens is 285 g/mol. The molecule has 23 heavy (non-hydrogen) atoms. The van der Waals surface area contributed by atoms with Gasteiger partial charge in [-0.25, -0.2) is 4.39 Å². The van der Waals surface area contributed by atoms with Crippen molar-refractivity contribution >= 4 is 0 Å². The molecule has 0 heterocycles. The summed E-state index contributed by atoms with van der Waals surface area (Å²) in [5, 5.41) is 3.79. The molecule has 2 aliphatic rings. The molecule has 0 unspecified atom stereocenters. The monoisotopic (exact) mass is 317 g/mol. The van der Waals surface area contributed by atoms with Gasteiger partial charge in [0, 0.05) is 6.04 Å². The number of hydrogen-bond donors (Lipinski definition) is 1. The van der Waals surface area contributed by atoms with Gasteiger partial charge in [-0.15, -0.1) is 0 Å². The molecule has 0 aromatic heterocycles. The van der Waals surface area contributed by atoms with Gasteiger partial charge >= 0.3 is 0 Å². The molecule has 0 spiro atoms. The molecular formula is C21H32FN. The molecule has 3 rings (SSSR count). The van der Waals surface area contributed by atoms with Crippen LogP contribution in [0.15, 0.2) is 18.2 Å². The molecule has 1 nitrogen and oxygen atoms in total. The van der Waals surface area contributed by atoms with Crippen molar-refractivity contribution < 1.29 is 4.39 Å². The number of nitrogens with one attached hydrogen (secondary N) is 1. The summed E-state index contributed by atoms with van der Waals surface area (Å²) in [4.78, 5) is 0. The van der Waals surface area contributed by atoms with Gasteiger partial charge in [0.15, 0.2) is 0 Å². The van der Waals surface area contributed by atoms with Crippen LogP contribution >= 0.6 is 0 Å². The van der Waals surface area contributed by atoms with Crippen molar-refractivity contribution in [1.82, 2.24) is 5.32 Å².